The molecule has 3 aromatic rings. The van der Waals surface area contributed by atoms with Gasteiger partial charge in [0.2, 0.25) is 0 Å². The molecule has 29 heavy (non-hydrogen) atoms. The highest BCUT2D eigenvalue weighted by Crippen LogP contribution is 2.22. The molecule has 0 spiro atoms. The van der Waals surface area contributed by atoms with Crippen LogP contribution < -0.4 is 10.0 Å². The van der Waals surface area contributed by atoms with Crippen LogP contribution in [-0.4, -0.2) is 14.3 Å². The number of amides is 1. The van der Waals surface area contributed by atoms with Crippen molar-refractivity contribution in [1.29, 1.82) is 0 Å². The Morgan fingerprint density at radius 3 is 2.17 bits per heavy atom. The second-order valence-corrected chi connectivity index (χ2v) is 8.86. The van der Waals surface area contributed by atoms with E-state index < -0.39 is 10.0 Å². The number of nitrogens with one attached hydrogen (secondary N) is 2. The van der Waals surface area contributed by atoms with E-state index in [0.717, 1.165) is 16.7 Å². The summed E-state index contributed by atoms with van der Waals surface area (Å²) in [5.41, 5.74) is 5.14. The molecular formula is C23H24N2O3S. The molecule has 3 aromatic carbocycles. The monoisotopic (exact) mass is 408 g/mol. The molecule has 0 heterocycles. The zero-order valence-electron chi connectivity index (χ0n) is 16.9. The summed E-state index contributed by atoms with van der Waals surface area (Å²) in [5, 5.41) is 2.83. The fraction of sp³-hybridized carbons (Fsp3) is 0.174. The van der Waals surface area contributed by atoms with Gasteiger partial charge >= 0.3 is 0 Å². The van der Waals surface area contributed by atoms with Gasteiger partial charge in [0, 0.05) is 16.9 Å². The van der Waals surface area contributed by atoms with Crippen LogP contribution in [0.4, 0.5) is 11.4 Å². The smallest absolute Gasteiger partial charge is 0.262 e. The van der Waals surface area contributed by atoms with Gasteiger partial charge in [-0.15, -0.1) is 0 Å². The van der Waals surface area contributed by atoms with Gasteiger partial charge in [0.15, 0.2) is 0 Å². The molecule has 0 unspecified atom stereocenters. The maximum absolute atomic E-state index is 12.9. The van der Waals surface area contributed by atoms with Gasteiger partial charge in [-0.05, 0) is 86.3 Å². The number of aryl methyl sites for hydroxylation is 4. The van der Waals surface area contributed by atoms with E-state index in [2.05, 4.69) is 10.0 Å². The number of carbonyl (C=O) groups excluding carboxylic acids is 1. The van der Waals surface area contributed by atoms with Gasteiger partial charge in [0.1, 0.15) is 0 Å². The average molecular weight is 409 g/mol. The van der Waals surface area contributed by atoms with Crippen molar-refractivity contribution in [3.05, 3.63) is 88.5 Å². The molecule has 0 aliphatic rings. The van der Waals surface area contributed by atoms with Crippen molar-refractivity contribution in [2.75, 3.05) is 10.0 Å². The van der Waals surface area contributed by atoms with Crippen molar-refractivity contribution in [2.45, 2.75) is 32.6 Å². The summed E-state index contributed by atoms with van der Waals surface area (Å²) in [6.07, 6.45) is 0. The van der Waals surface area contributed by atoms with Gasteiger partial charge < -0.3 is 5.32 Å². The number of anilines is 2. The molecule has 0 saturated heterocycles. The predicted molar refractivity (Wildman–Crippen MR) is 117 cm³/mol. The zero-order chi connectivity index (χ0) is 21.2. The van der Waals surface area contributed by atoms with Crippen LogP contribution in [-0.2, 0) is 10.0 Å². The first-order valence-corrected chi connectivity index (χ1v) is 10.7. The Kier molecular flexibility index (Phi) is 5.75. The van der Waals surface area contributed by atoms with E-state index in [4.69, 9.17) is 0 Å². The molecule has 1 amide bonds. The van der Waals surface area contributed by atoms with Gasteiger partial charge in [-0.3, -0.25) is 9.52 Å². The van der Waals surface area contributed by atoms with Crippen molar-refractivity contribution in [3.63, 3.8) is 0 Å². The molecular weight excluding hydrogens is 384 g/mol. The summed E-state index contributed by atoms with van der Waals surface area (Å²) >= 11 is 0. The summed E-state index contributed by atoms with van der Waals surface area (Å²) in [7, 11) is -3.83. The van der Waals surface area contributed by atoms with Gasteiger partial charge in [-0.2, -0.15) is 0 Å². The molecule has 2 N–H and O–H groups in total. The highest BCUT2D eigenvalue weighted by Gasteiger charge is 2.19. The first-order chi connectivity index (χ1) is 13.7. The van der Waals surface area contributed by atoms with Crippen LogP contribution in [0.15, 0.2) is 65.6 Å². The van der Waals surface area contributed by atoms with Crippen molar-refractivity contribution < 1.29 is 13.2 Å². The minimum Gasteiger partial charge on any atom is -0.322 e. The van der Waals surface area contributed by atoms with Crippen LogP contribution in [0, 0.1) is 27.7 Å². The van der Waals surface area contributed by atoms with E-state index in [1.165, 1.54) is 6.07 Å². The lowest BCUT2D eigenvalue weighted by Crippen LogP contribution is -2.17. The summed E-state index contributed by atoms with van der Waals surface area (Å²) in [4.78, 5) is 12.8. The van der Waals surface area contributed by atoms with Crippen LogP contribution in [0.1, 0.15) is 32.6 Å². The Bertz CT molecular complexity index is 1180. The molecule has 5 nitrogen and oxygen atoms in total. The topological polar surface area (TPSA) is 75.3 Å². The minimum atomic E-state index is -3.83. The largest absolute Gasteiger partial charge is 0.322 e. The van der Waals surface area contributed by atoms with E-state index in [1.807, 2.05) is 45.0 Å². The summed E-state index contributed by atoms with van der Waals surface area (Å²) in [6.45, 7) is 7.56. The van der Waals surface area contributed by atoms with Gasteiger partial charge in [-0.1, -0.05) is 24.3 Å². The molecule has 0 aromatic heterocycles. The standard InChI is InChI=1S/C23H24N2O3S/c1-15-6-5-7-21(12-15)25-29(27,28)22-14-19(10-8-17(22)3)23(26)24-20-11-9-16(2)18(4)13-20/h5-14,25H,1-4H3,(H,24,26). The lowest BCUT2D eigenvalue weighted by atomic mass is 10.1. The maximum atomic E-state index is 12.9. The third kappa shape index (κ3) is 4.84. The van der Waals surface area contributed by atoms with Crippen molar-refractivity contribution in [1.82, 2.24) is 0 Å². The number of carbonyl (C=O) groups is 1. The van der Waals surface area contributed by atoms with Gasteiger partial charge in [-0.25, -0.2) is 8.42 Å². The summed E-state index contributed by atoms with van der Waals surface area (Å²) in [6, 6.07) is 17.4. The lowest BCUT2D eigenvalue weighted by molar-refractivity contribution is 0.102. The highest BCUT2D eigenvalue weighted by molar-refractivity contribution is 7.92. The van der Waals surface area contributed by atoms with Crippen molar-refractivity contribution in [2.24, 2.45) is 0 Å². The van der Waals surface area contributed by atoms with Gasteiger partial charge in [0.25, 0.3) is 15.9 Å². The molecule has 3 rings (SSSR count). The third-order valence-corrected chi connectivity index (χ3v) is 6.30. The fourth-order valence-corrected chi connectivity index (χ4v) is 4.29. The van der Waals surface area contributed by atoms with E-state index in [1.54, 1.807) is 37.3 Å². The number of sulfonamides is 1. The average Bonchev–Trinajstić information content (AvgIpc) is 2.64. The molecule has 0 aliphatic carbocycles. The predicted octanol–water partition coefficient (Wildman–Crippen LogP) is 4.97. The van der Waals surface area contributed by atoms with Crippen LogP contribution in [0.5, 0.6) is 0 Å². The molecule has 0 atom stereocenters. The Balaban J connectivity index is 1.88. The molecule has 0 radical (unpaired) electrons. The quantitative estimate of drug-likeness (QED) is 0.626. The Morgan fingerprint density at radius 2 is 1.48 bits per heavy atom. The maximum Gasteiger partial charge on any atom is 0.262 e. The van der Waals surface area contributed by atoms with Crippen molar-refractivity contribution in [3.8, 4) is 0 Å². The van der Waals surface area contributed by atoms with Gasteiger partial charge in [0.05, 0.1) is 4.90 Å². The van der Waals surface area contributed by atoms with E-state index in [9.17, 15) is 13.2 Å². The second kappa shape index (κ2) is 8.09. The molecule has 0 bridgehead atoms. The first-order valence-electron chi connectivity index (χ1n) is 9.24. The molecule has 150 valence electrons. The second-order valence-electron chi connectivity index (χ2n) is 7.21. The Hall–Kier alpha value is -3.12. The highest BCUT2D eigenvalue weighted by atomic mass is 32.2. The number of hydrogen-bond donors (Lipinski definition) is 2. The van der Waals surface area contributed by atoms with Crippen LogP contribution >= 0.6 is 0 Å². The van der Waals surface area contributed by atoms with Crippen LogP contribution in [0.3, 0.4) is 0 Å². The molecule has 0 aliphatic heterocycles. The van der Waals surface area contributed by atoms with E-state index >= 15 is 0 Å². The minimum absolute atomic E-state index is 0.0757. The van der Waals surface area contributed by atoms with E-state index in [0.29, 0.717) is 16.9 Å². The van der Waals surface area contributed by atoms with Crippen LogP contribution in [0.25, 0.3) is 0 Å². The Morgan fingerprint density at radius 1 is 0.759 bits per heavy atom. The van der Waals surface area contributed by atoms with Crippen LogP contribution in [0.2, 0.25) is 0 Å². The fourth-order valence-electron chi connectivity index (χ4n) is 2.97. The molecule has 0 saturated carbocycles. The zero-order valence-corrected chi connectivity index (χ0v) is 17.7. The SMILES string of the molecule is Cc1cccc(NS(=O)(=O)c2cc(C(=O)Nc3ccc(C)c(C)c3)ccc2C)c1. The first kappa shape index (κ1) is 20.6. The Labute approximate surface area is 171 Å². The lowest BCUT2D eigenvalue weighted by Gasteiger charge is -2.13. The summed E-state index contributed by atoms with van der Waals surface area (Å²) < 4.78 is 28.4. The number of hydrogen-bond acceptors (Lipinski definition) is 3. The summed E-state index contributed by atoms with van der Waals surface area (Å²) in [5.74, 6) is -0.361. The van der Waals surface area contributed by atoms with Crippen molar-refractivity contribution >= 4 is 27.3 Å². The molecule has 0 fully saturated rings. The molecule has 6 heteroatoms. The normalized spacial score (nSPS) is 11.2. The van der Waals surface area contributed by atoms with E-state index in [-0.39, 0.29) is 16.4 Å². The third-order valence-electron chi connectivity index (χ3n) is 4.77. The number of benzene rings is 3. The number of rotatable bonds is 5.